The summed E-state index contributed by atoms with van der Waals surface area (Å²) < 4.78 is 1.81. The molecule has 1 aromatic heterocycles. The lowest BCUT2D eigenvalue weighted by Crippen LogP contribution is -2.24. The SMILES string of the molecule is CNCC(=O)Nc1ccc(Sc2nncn2C)c(Cl)c1. The molecule has 0 atom stereocenters. The Hall–Kier alpha value is -1.57. The van der Waals surface area contributed by atoms with Crippen molar-refractivity contribution >= 4 is 35.0 Å². The van der Waals surface area contributed by atoms with Crippen molar-refractivity contribution < 1.29 is 4.79 Å². The third kappa shape index (κ3) is 3.72. The number of anilines is 1. The summed E-state index contributed by atoms with van der Waals surface area (Å²) in [5, 5.41) is 14.6. The number of halogens is 1. The van der Waals surface area contributed by atoms with Crippen molar-refractivity contribution in [2.75, 3.05) is 18.9 Å². The molecule has 2 aromatic rings. The number of aromatic nitrogens is 3. The molecule has 2 rings (SSSR count). The van der Waals surface area contributed by atoms with E-state index in [9.17, 15) is 4.79 Å². The molecule has 0 saturated heterocycles. The van der Waals surface area contributed by atoms with Gasteiger partial charge in [0.25, 0.3) is 0 Å². The van der Waals surface area contributed by atoms with Gasteiger partial charge in [-0.25, -0.2) is 0 Å². The zero-order valence-electron chi connectivity index (χ0n) is 11.1. The third-order valence-corrected chi connectivity index (χ3v) is 3.98. The standard InChI is InChI=1S/C12H14ClN5OS/c1-14-6-11(19)16-8-3-4-10(9(13)5-8)20-12-17-15-7-18(12)2/h3-5,7,14H,6H2,1-2H3,(H,16,19). The van der Waals surface area contributed by atoms with Crippen LogP contribution in [0.2, 0.25) is 5.02 Å². The highest BCUT2D eigenvalue weighted by Gasteiger charge is 2.09. The Morgan fingerprint density at radius 1 is 1.50 bits per heavy atom. The molecular formula is C12H14ClN5OS. The second-order valence-corrected chi connectivity index (χ2v) is 5.47. The highest BCUT2D eigenvalue weighted by molar-refractivity contribution is 7.99. The number of nitrogens with zero attached hydrogens (tertiary/aromatic N) is 3. The third-order valence-electron chi connectivity index (χ3n) is 2.42. The fourth-order valence-corrected chi connectivity index (χ4v) is 2.56. The van der Waals surface area contributed by atoms with Crippen molar-refractivity contribution in [1.29, 1.82) is 0 Å². The van der Waals surface area contributed by atoms with Gasteiger partial charge in [0.15, 0.2) is 5.16 Å². The average Bonchev–Trinajstić information content (AvgIpc) is 2.79. The number of aryl methyl sites for hydroxylation is 1. The van der Waals surface area contributed by atoms with Crippen LogP contribution in [-0.2, 0) is 11.8 Å². The molecule has 0 aliphatic carbocycles. The van der Waals surface area contributed by atoms with E-state index in [1.807, 2.05) is 17.7 Å². The molecule has 2 N–H and O–H groups in total. The molecule has 0 radical (unpaired) electrons. The van der Waals surface area contributed by atoms with Crippen LogP contribution in [0, 0.1) is 0 Å². The minimum absolute atomic E-state index is 0.114. The van der Waals surface area contributed by atoms with Crippen molar-refractivity contribution in [3.8, 4) is 0 Å². The summed E-state index contributed by atoms with van der Waals surface area (Å²) in [7, 11) is 3.58. The minimum Gasteiger partial charge on any atom is -0.325 e. The number of amides is 1. The van der Waals surface area contributed by atoms with Crippen LogP contribution in [0.3, 0.4) is 0 Å². The van der Waals surface area contributed by atoms with Crippen molar-refractivity contribution in [3.63, 3.8) is 0 Å². The molecule has 20 heavy (non-hydrogen) atoms. The van der Waals surface area contributed by atoms with Gasteiger partial charge in [-0.2, -0.15) is 0 Å². The first-order valence-electron chi connectivity index (χ1n) is 5.86. The summed E-state index contributed by atoms with van der Waals surface area (Å²) in [6, 6.07) is 5.36. The number of hydrogen-bond acceptors (Lipinski definition) is 5. The Morgan fingerprint density at radius 2 is 2.30 bits per heavy atom. The van der Waals surface area contributed by atoms with Gasteiger partial charge in [0.1, 0.15) is 6.33 Å². The molecular weight excluding hydrogens is 298 g/mol. The van der Waals surface area contributed by atoms with Crippen molar-refractivity contribution in [2.45, 2.75) is 10.1 Å². The second-order valence-electron chi connectivity index (χ2n) is 4.05. The van der Waals surface area contributed by atoms with E-state index >= 15 is 0 Å². The quantitative estimate of drug-likeness (QED) is 0.880. The molecule has 0 unspecified atom stereocenters. The molecule has 0 spiro atoms. The molecule has 6 nitrogen and oxygen atoms in total. The van der Waals surface area contributed by atoms with Crippen molar-refractivity contribution in [1.82, 2.24) is 20.1 Å². The van der Waals surface area contributed by atoms with E-state index in [0.717, 1.165) is 10.1 Å². The van der Waals surface area contributed by atoms with Crippen LogP contribution >= 0.6 is 23.4 Å². The number of hydrogen-bond donors (Lipinski definition) is 2. The fraction of sp³-hybridized carbons (Fsp3) is 0.250. The molecule has 8 heteroatoms. The first-order valence-corrected chi connectivity index (χ1v) is 7.05. The highest BCUT2D eigenvalue weighted by Crippen LogP contribution is 2.33. The highest BCUT2D eigenvalue weighted by atomic mass is 35.5. The lowest BCUT2D eigenvalue weighted by atomic mass is 10.3. The summed E-state index contributed by atoms with van der Waals surface area (Å²) in [6.07, 6.45) is 1.63. The maximum Gasteiger partial charge on any atom is 0.238 e. The number of carbonyl (C=O) groups is 1. The molecule has 1 aromatic carbocycles. The first-order chi connectivity index (χ1) is 9.60. The summed E-state index contributed by atoms with van der Waals surface area (Å²) in [4.78, 5) is 12.3. The first kappa shape index (κ1) is 14.8. The maximum atomic E-state index is 11.5. The molecule has 106 valence electrons. The topological polar surface area (TPSA) is 71.8 Å². The van der Waals surface area contributed by atoms with E-state index < -0.39 is 0 Å². The maximum absolute atomic E-state index is 11.5. The van der Waals surface area contributed by atoms with E-state index in [0.29, 0.717) is 10.7 Å². The summed E-state index contributed by atoms with van der Waals surface area (Å²) in [5.74, 6) is -0.114. The van der Waals surface area contributed by atoms with Gasteiger partial charge in [0, 0.05) is 17.6 Å². The number of likely N-dealkylation sites (N-methyl/N-ethyl adjacent to an activating group) is 1. The molecule has 0 aliphatic heterocycles. The Labute approximate surface area is 125 Å². The van der Waals surface area contributed by atoms with Crippen LogP contribution in [0.1, 0.15) is 0 Å². The Bertz CT molecular complexity index is 616. The molecule has 0 bridgehead atoms. The largest absolute Gasteiger partial charge is 0.325 e. The molecule has 1 amide bonds. The van der Waals surface area contributed by atoms with Crippen LogP contribution < -0.4 is 10.6 Å². The van der Waals surface area contributed by atoms with Gasteiger partial charge in [-0.15, -0.1) is 10.2 Å². The van der Waals surface area contributed by atoms with Gasteiger partial charge in [-0.1, -0.05) is 11.6 Å². The van der Waals surface area contributed by atoms with Gasteiger partial charge in [0.2, 0.25) is 5.91 Å². The van der Waals surface area contributed by atoms with Gasteiger partial charge in [0.05, 0.1) is 11.6 Å². The normalized spacial score (nSPS) is 10.6. The predicted molar refractivity (Wildman–Crippen MR) is 79.1 cm³/mol. The van der Waals surface area contributed by atoms with E-state index in [4.69, 9.17) is 11.6 Å². The summed E-state index contributed by atoms with van der Waals surface area (Å²) >= 11 is 7.63. The van der Waals surface area contributed by atoms with Gasteiger partial charge >= 0.3 is 0 Å². The van der Waals surface area contributed by atoms with Crippen molar-refractivity contribution in [3.05, 3.63) is 29.5 Å². The Kier molecular flexibility index (Phi) is 4.99. The second kappa shape index (κ2) is 6.74. The van der Waals surface area contributed by atoms with Crippen LogP contribution in [0.5, 0.6) is 0 Å². The minimum atomic E-state index is -0.114. The van der Waals surface area contributed by atoms with Gasteiger partial charge in [-0.3, -0.25) is 4.79 Å². The number of nitrogens with one attached hydrogen (secondary N) is 2. The predicted octanol–water partition coefficient (Wildman–Crippen LogP) is 1.78. The molecule has 0 aliphatic rings. The molecule has 0 fully saturated rings. The smallest absolute Gasteiger partial charge is 0.238 e. The lowest BCUT2D eigenvalue weighted by Gasteiger charge is -2.08. The average molecular weight is 312 g/mol. The van der Waals surface area contributed by atoms with E-state index in [-0.39, 0.29) is 12.5 Å². The van der Waals surface area contributed by atoms with Crippen LogP contribution in [0.4, 0.5) is 5.69 Å². The van der Waals surface area contributed by atoms with E-state index in [1.165, 1.54) is 11.8 Å². The molecule has 0 saturated carbocycles. The fourth-order valence-electron chi connectivity index (χ4n) is 1.49. The number of benzene rings is 1. The summed E-state index contributed by atoms with van der Waals surface area (Å²) in [6.45, 7) is 0.257. The van der Waals surface area contributed by atoms with Crippen LogP contribution in [0.15, 0.2) is 34.6 Å². The Balaban J connectivity index is 2.10. The van der Waals surface area contributed by atoms with Gasteiger partial charge in [-0.05, 0) is 37.0 Å². The monoisotopic (exact) mass is 311 g/mol. The van der Waals surface area contributed by atoms with Gasteiger partial charge < -0.3 is 15.2 Å². The molecule has 1 heterocycles. The Morgan fingerprint density at radius 3 is 2.90 bits per heavy atom. The van der Waals surface area contributed by atoms with Crippen molar-refractivity contribution in [2.24, 2.45) is 7.05 Å². The lowest BCUT2D eigenvalue weighted by molar-refractivity contribution is -0.115. The van der Waals surface area contributed by atoms with E-state index in [1.54, 1.807) is 25.5 Å². The zero-order valence-corrected chi connectivity index (χ0v) is 12.6. The van der Waals surface area contributed by atoms with Crippen LogP contribution in [-0.4, -0.2) is 34.3 Å². The summed E-state index contributed by atoms with van der Waals surface area (Å²) in [5.41, 5.74) is 0.664. The van der Waals surface area contributed by atoms with E-state index in [2.05, 4.69) is 20.8 Å². The van der Waals surface area contributed by atoms with Crippen LogP contribution in [0.25, 0.3) is 0 Å². The number of carbonyl (C=O) groups excluding carboxylic acids is 1. The zero-order chi connectivity index (χ0) is 14.5. The number of rotatable bonds is 5.